The van der Waals surface area contributed by atoms with E-state index in [1.165, 1.54) is 24.3 Å². The van der Waals surface area contributed by atoms with Crippen molar-refractivity contribution in [3.63, 3.8) is 0 Å². The molecule has 0 saturated carbocycles. The summed E-state index contributed by atoms with van der Waals surface area (Å²) in [7, 11) is -19.5. The van der Waals surface area contributed by atoms with Gasteiger partial charge in [0.2, 0.25) is 0 Å². The maximum absolute atomic E-state index is 14.5. The number of nitro groups is 1. The Morgan fingerprint density at radius 1 is 0.474 bits per heavy atom. The molecule has 0 radical (unpaired) electrons. The van der Waals surface area contributed by atoms with Gasteiger partial charge in [0, 0.05) is 18.7 Å². The number of non-ortho nitro benzene ring substituents is 1. The second-order valence-electron chi connectivity index (χ2n) is 13.2. The molecule has 0 aliphatic rings. The average Bonchev–Trinajstić information content (AvgIpc) is 3.20. The normalized spacial score (nSPS) is 12.6. The van der Waals surface area contributed by atoms with Gasteiger partial charge in [-0.2, -0.15) is 3.71 Å². The van der Waals surface area contributed by atoms with Crippen molar-refractivity contribution in [3.8, 4) is 0 Å². The Bertz CT molecular complexity index is 2780. The molecule has 0 unspecified atom stereocenters. The van der Waals surface area contributed by atoms with Crippen LogP contribution in [0, 0.1) is 10.1 Å². The molecule has 0 amide bonds. The molecule has 6 aromatic rings. The molecule has 0 saturated heterocycles. The smallest absolute Gasteiger partial charge is 0.258 e. The third-order valence-corrected chi connectivity index (χ3v) is 17.9. The summed E-state index contributed by atoms with van der Waals surface area (Å²) in [5.41, 5.74) is -0.826. The van der Waals surface area contributed by atoms with Crippen LogP contribution in [0.1, 0.15) is 45.4 Å². The van der Waals surface area contributed by atoms with Crippen molar-refractivity contribution in [2.24, 2.45) is 0 Å². The molecule has 0 atom stereocenters. The van der Waals surface area contributed by atoms with E-state index in [-0.39, 0.29) is 19.9 Å². The van der Waals surface area contributed by atoms with Crippen LogP contribution in [0.3, 0.4) is 0 Å². The lowest BCUT2D eigenvalue weighted by Gasteiger charge is -2.25. The summed E-state index contributed by atoms with van der Waals surface area (Å²) in [6, 6.07) is 29.9. The third kappa shape index (κ3) is 8.57. The Kier molecular flexibility index (Phi) is 12.2. The van der Waals surface area contributed by atoms with Crippen LogP contribution in [0.15, 0.2) is 153 Å². The number of sulfonamides is 4. The number of benzene rings is 6. The first kappa shape index (κ1) is 41.4. The lowest BCUT2D eigenvalue weighted by molar-refractivity contribution is -0.384. The minimum atomic E-state index is -4.92. The summed E-state index contributed by atoms with van der Waals surface area (Å²) in [6.45, 7) is 1.58. The van der Waals surface area contributed by atoms with Gasteiger partial charge in [-0.15, -0.1) is 0 Å². The molecule has 57 heavy (non-hydrogen) atoms. The zero-order chi connectivity index (χ0) is 41.0. The molecule has 13 nitrogen and oxygen atoms in total. The molecule has 17 heteroatoms. The molecule has 0 heterocycles. The Morgan fingerprint density at radius 3 is 1.33 bits per heavy atom. The van der Waals surface area contributed by atoms with Crippen LogP contribution in [-0.4, -0.2) is 48.8 Å². The molecular weight excluding hydrogens is 811 g/mol. The van der Waals surface area contributed by atoms with Gasteiger partial charge in [0.05, 0.1) is 30.2 Å². The van der Waals surface area contributed by atoms with E-state index < -0.39 is 72.7 Å². The fourth-order valence-corrected chi connectivity index (χ4v) is 13.8. The fourth-order valence-electron chi connectivity index (χ4n) is 6.36. The van der Waals surface area contributed by atoms with Crippen LogP contribution < -0.4 is 3.71 Å². The van der Waals surface area contributed by atoms with E-state index in [0.717, 1.165) is 74.2 Å². The Hall–Kier alpha value is -5.20. The molecule has 0 aliphatic heterocycles. The molecule has 0 fully saturated rings. The predicted octanol–water partition coefficient (Wildman–Crippen LogP) is 8.23. The lowest BCUT2D eigenvalue weighted by Crippen LogP contribution is -2.38. The fraction of sp³-hybridized carbons (Fsp3) is 0.200. The third-order valence-electron chi connectivity index (χ3n) is 9.40. The van der Waals surface area contributed by atoms with E-state index >= 15 is 0 Å². The number of nitrogens with zero attached hydrogens (tertiary/aromatic N) is 3. The summed E-state index contributed by atoms with van der Waals surface area (Å²) >= 11 is 0. The van der Waals surface area contributed by atoms with E-state index in [1.807, 2.05) is 6.92 Å². The van der Waals surface area contributed by atoms with Crippen molar-refractivity contribution in [2.45, 2.75) is 65.0 Å². The van der Waals surface area contributed by atoms with Crippen LogP contribution in [0.25, 0.3) is 21.5 Å². The summed E-state index contributed by atoms with van der Waals surface area (Å²) in [5.74, 6) is 0. The van der Waals surface area contributed by atoms with Gasteiger partial charge < -0.3 is 0 Å². The average molecular weight is 850 g/mol. The second-order valence-corrected chi connectivity index (χ2v) is 21.0. The maximum Gasteiger partial charge on any atom is 0.277 e. The highest BCUT2D eigenvalue weighted by atomic mass is 32.3. The van der Waals surface area contributed by atoms with Crippen molar-refractivity contribution in [1.29, 1.82) is 0 Å². The summed E-state index contributed by atoms with van der Waals surface area (Å²) in [6.07, 6.45) is 4.24. The van der Waals surface area contributed by atoms with E-state index in [9.17, 15) is 43.8 Å². The van der Waals surface area contributed by atoms with Crippen LogP contribution in [0.4, 0.5) is 11.4 Å². The van der Waals surface area contributed by atoms with Gasteiger partial charge in [-0.25, -0.2) is 33.7 Å². The zero-order valence-electron chi connectivity index (χ0n) is 30.7. The first-order valence-corrected chi connectivity index (χ1v) is 23.7. The number of unbranched alkanes of at least 4 members (excludes halogenated alkanes) is 5. The van der Waals surface area contributed by atoms with Crippen molar-refractivity contribution in [2.75, 3.05) is 10.3 Å². The van der Waals surface area contributed by atoms with Crippen molar-refractivity contribution < 1.29 is 38.6 Å². The summed E-state index contributed by atoms with van der Waals surface area (Å²) in [4.78, 5) is 8.76. The molecule has 6 rings (SSSR count). The Balaban J connectivity index is 1.44. The highest BCUT2D eigenvalue weighted by molar-refractivity contribution is 8.10. The van der Waals surface area contributed by atoms with Crippen LogP contribution in [0.2, 0.25) is 0 Å². The number of nitro benzene ring substituents is 1. The van der Waals surface area contributed by atoms with E-state index in [2.05, 4.69) is 0 Å². The quantitative estimate of drug-likeness (QED) is 0.0492. The van der Waals surface area contributed by atoms with Gasteiger partial charge in [-0.05, 0) is 88.6 Å². The number of hydrogen-bond donors (Lipinski definition) is 0. The van der Waals surface area contributed by atoms with Gasteiger partial charge in [-0.3, -0.25) is 10.1 Å². The Morgan fingerprint density at radius 2 is 0.877 bits per heavy atom. The van der Waals surface area contributed by atoms with Crippen molar-refractivity contribution in [1.82, 2.24) is 3.71 Å². The van der Waals surface area contributed by atoms with E-state index in [4.69, 9.17) is 0 Å². The van der Waals surface area contributed by atoms with Crippen LogP contribution in [-0.2, 0) is 40.1 Å². The molecule has 0 N–H and O–H groups in total. The monoisotopic (exact) mass is 849 g/mol. The van der Waals surface area contributed by atoms with Gasteiger partial charge >= 0.3 is 0 Å². The molecular formula is C40H39N3O10S4. The van der Waals surface area contributed by atoms with Crippen molar-refractivity contribution >= 4 is 73.0 Å². The zero-order valence-corrected chi connectivity index (χ0v) is 34.0. The number of hydrogen-bond acceptors (Lipinski definition) is 10. The molecule has 0 spiro atoms. The van der Waals surface area contributed by atoms with Crippen LogP contribution in [0.5, 0.6) is 0 Å². The molecule has 0 bridgehead atoms. The predicted molar refractivity (Wildman–Crippen MR) is 219 cm³/mol. The number of anilines is 1. The first-order valence-electron chi connectivity index (χ1n) is 18.0. The van der Waals surface area contributed by atoms with Crippen LogP contribution >= 0.6 is 0 Å². The lowest BCUT2D eigenvalue weighted by atomic mass is 10.1. The molecule has 6 aromatic carbocycles. The van der Waals surface area contributed by atoms with Gasteiger partial charge in [0.15, 0.2) is 0 Å². The Labute approximate surface area is 332 Å². The maximum atomic E-state index is 14.5. The first-order chi connectivity index (χ1) is 27.1. The molecule has 298 valence electrons. The number of fused-ring (bicyclic) bond motifs is 2. The summed E-state index contributed by atoms with van der Waals surface area (Å²) in [5, 5.41) is 13.7. The van der Waals surface area contributed by atoms with Gasteiger partial charge in [-0.1, -0.05) is 103 Å². The minimum Gasteiger partial charge on any atom is -0.258 e. The topological polar surface area (TPSA) is 186 Å². The minimum absolute atomic E-state index is 0.176. The number of rotatable bonds is 17. The highest BCUT2D eigenvalue weighted by Crippen LogP contribution is 2.35. The SMILES string of the molecule is CCCCCCCCN(S(=O)(=O)c1ccc(N(S(=O)(=O)c2ccc3ccccc3c2)S(=O)(=O)c2ccc3ccccc3c2)cc1)S(=O)(=O)c1ccc([N+](=O)[O-])cc1. The highest BCUT2D eigenvalue weighted by Gasteiger charge is 2.39. The molecule has 0 aromatic heterocycles. The largest absolute Gasteiger partial charge is 0.277 e. The van der Waals surface area contributed by atoms with E-state index in [1.54, 1.807) is 60.7 Å². The van der Waals surface area contributed by atoms with Gasteiger partial charge in [0.25, 0.3) is 45.8 Å². The van der Waals surface area contributed by atoms with Gasteiger partial charge in [0.1, 0.15) is 0 Å². The summed E-state index contributed by atoms with van der Waals surface area (Å²) < 4.78 is 115. The second kappa shape index (κ2) is 16.7. The molecule has 0 aliphatic carbocycles. The standard InChI is InChI=1S/C40H39N3O10S4/c1-2-3-4-5-6-11-28-41(54(46,47)37-24-18-35(19-25-37)42(44)45)55(48,49)38-26-20-36(21-27-38)43(56(50,51)39-22-16-31-12-7-9-14-33(31)29-39)57(52,53)40-23-17-32-13-8-10-15-34(32)30-40/h7-10,12-27,29-30H,2-6,11,28H2,1H3. The van der Waals surface area contributed by atoms with Crippen molar-refractivity contribution in [3.05, 3.63) is 144 Å². The van der Waals surface area contributed by atoms with E-state index in [0.29, 0.717) is 31.7 Å².